The number of benzene rings is 1. The van der Waals surface area contributed by atoms with Gasteiger partial charge in [-0.1, -0.05) is 26.0 Å². The first-order valence-corrected chi connectivity index (χ1v) is 7.63. The summed E-state index contributed by atoms with van der Waals surface area (Å²) in [6.45, 7) is 10.00. The normalized spacial score (nSPS) is 18.7. The van der Waals surface area contributed by atoms with Crippen molar-refractivity contribution in [2.45, 2.75) is 52.8 Å². The van der Waals surface area contributed by atoms with Gasteiger partial charge in [0, 0.05) is 32.6 Å². The SMILES string of the molecule is Cc1cc(CNC(C)C)cc(C)c1OC1CCN(C)C1=O. The average Bonchev–Trinajstić information content (AvgIpc) is 2.72. The predicted molar refractivity (Wildman–Crippen MR) is 84.6 cm³/mol. The number of amides is 1. The summed E-state index contributed by atoms with van der Waals surface area (Å²) in [6, 6.07) is 4.75. The van der Waals surface area contributed by atoms with Crippen molar-refractivity contribution in [2.24, 2.45) is 0 Å². The lowest BCUT2D eigenvalue weighted by Gasteiger charge is -2.18. The lowest BCUT2D eigenvalue weighted by Crippen LogP contribution is -2.29. The van der Waals surface area contributed by atoms with Crippen molar-refractivity contribution in [1.29, 1.82) is 0 Å². The number of aryl methyl sites for hydroxylation is 2. The molecule has 1 heterocycles. The Morgan fingerprint density at radius 1 is 1.33 bits per heavy atom. The van der Waals surface area contributed by atoms with E-state index in [1.165, 1.54) is 5.56 Å². The van der Waals surface area contributed by atoms with Gasteiger partial charge in [-0.2, -0.15) is 0 Å². The number of carbonyl (C=O) groups excluding carboxylic acids is 1. The van der Waals surface area contributed by atoms with E-state index in [2.05, 4.69) is 31.3 Å². The molecule has 1 aliphatic heterocycles. The maximum absolute atomic E-state index is 12.0. The number of carbonyl (C=O) groups is 1. The average molecular weight is 290 g/mol. The quantitative estimate of drug-likeness (QED) is 0.905. The van der Waals surface area contributed by atoms with Crippen LogP contribution in [0.2, 0.25) is 0 Å². The van der Waals surface area contributed by atoms with Gasteiger partial charge in [0.1, 0.15) is 5.75 Å². The van der Waals surface area contributed by atoms with Crippen LogP contribution in [0.4, 0.5) is 0 Å². The van der Waals surface area contributed by atoms with Crippen LogP contribution in [-0.2, 0) is 11.3 Å². The Hall–Kier alpha value is -1.55. The van der Waals surface area contributed by atoms with Crippen LogP contribution in [-0.4, -0.2) is 36.5 Å². The minimum atomic E-state index is -0.327. The Bertz CT molecular complexity index is 503. The molecule has 0 spiro atoms. The Kier molecular flexibility index (Phi) is 4.88. The van der Waals surface area contributed by atoms with Crippen molar-refractivity contribution < 1.29 is 9.53 Å². The van der Waals surface area contributed by atoms with Crippen molar-refractivity contribution in [3.8, 4) is 5.75 Å². The van der Waals surface area contributed by atoms with Crippen molar-refractivity contribution >= 4 is 5.91 Å². The van der Waals surface area contributed by atoms with Crippen LogP contribution in [0.25, 0.3) is 0 Å². The molecule has 1 amide bonds. The van der Waals surface area contributed by atoms with Gasteiger partial charge in [-0.05, 0) is 30.5 Å². The summed E-state index contributed by atoms with van der Waals surface area (Å²) in [6.07, 6.45) is 0.442. The van der Waals surface area contributed by atoms with E-state index < -0.39 is 0 Å². The molecule has 0 bridgehead atoms. The molecule has 1 aliphatic rings. The molecule has 21 heavy (non-hydrogen) atoms. The third-order valence-corrected chi connectivity index (χ3v) is 3.87. The Balaban J connectivity index is 2.12. The fraction of sp³-hybridized carbons (Fsp3) is 0.588. The number of hydrogen-bond acceptors (Lipinski definition) is 3. The second kappa shape index (κ2) is 6.48. The summed E-state index contributed by atoms with van der Waals surface area (Å²) >= 11 is 0. The van der Waals surface area contributed by atoms with E-state index in [-0.39, 0.29) is 12.0 Å². The third-order valence-electron chi connectivity index (χ3n) is 3.87. The zero-order valence-corrected chi connectivity index (χ0v) is 13.7. The molecule has 1 aromatic carbocycles. The molecule has 1 aromatic rings. The maximum Gasteiger partial charge on any atom is 0.263 e. The van der Waals surface area contributed by atoms with E-state index in [0.29, 0.717) is 6.04 Å². The van der Waals surface area contributed by atoms with Gasteiger partial charge in [0.15, 0.2) is 6.10 Å². The molecule has 1 fully saturated rings. The van der Waals surface area contributed by atoms with Gasteiger partial charge in [0.25, 0.3) is 5.91 Å². The molecule has 1 unspecified atom stereocenters. The Labute approximate surface area is 127 Å². The van der Waals surface area contributed by atoms with Crippen LogP contribution in [0.1, 0.15) is 37.0 Å². The maximum atomic E-state index is 12.0. The summed E-state index contributed by atoms with van der Waals surface area (Å²) in [7, 11) is 1.83. The third kappa shape index (κ3) is 3.76. The second-order valence-corrected chi connectivity index (χ2v) is 6.25. The van der Waals surface area contributed by atoms with E-state index in [1.54, 1.807) is 4.90 Å². The largest absolute Gasteiger partial charge is 0.480 e. The summed E-state index contributed by atoms with van der Waals surface area (Å²) in [5.41, 5.74) is 3.44. The van der Waals surface area contributed by atoms with Gasteiger partial charge >= 0.3 is 0 Å². The van der Waals surface area contributed by atoms with Crippen LogP contribution in [0.15, 0.2) is 12.1 Å². The number of nitrogens with zero attached hydrogens (tertiary/aromatic N) is 1. The monoisotopic (exact) mass is 290 g/mol. The van der Waals surface area contributed by atoms with Gasteiger partial charge < -0.3 is 15.0 Å². The highest BCUT2D eigenvalue weighted by molar-refractivity contribution is 5.83. The molecule has 4 heteroatoms. The van der Waals surface area contributed by atoms with E-state index >= 15 is 0 Å². The van der Waals surface area contributed by atoms with Gasteiger partial charge in [0.2, 0.25) is 0 Å². The highest BCUT2D eigenvalue weighted by Crippen LogP contribution is 2.28. The fourth-order valence-electron chi connectivity index (χ4n) is 2.69. The van der Waals surface area contributed by atoms with Gasteiger partial charge in [0.05, 0.1) is 0 Å². The number of likely N-dealkylation sites (tertiary alicyclic amines) is 1. The lowest BCUT2D eigenvalue weighted by atomic mass is 10.1. The lowest BCUT2D eigenvalue weighted by molar-refractivity contribution is -0.132. The van der Waals surface area contributed by atoms with Crippen molar-refractivity contribution in [2.75, 3.05) is 13.6 Å². The van der Waals surface area contributed by atoms with Crippen LogP contribution >= 0.6 is 0 Å². The molecular weight excluding hydrogens is 264 g/mol. The zero-order chi connectivity index (χ0) is 15.6. The second-order valence-electron chi connectivity index (χ2n) is 6.25. The van der Waals surface area contributed by atoms with Crippen molar-refractivity contribution in [3.63, 3.8) is 0 Å². The number of hydrogen-bond donors (Lipinski definition) is 1. The van der Waals surface area contributed by atoms with E-state index in [9.17, 15) is 4.79 Å². The van der Waals surface area contributed by atoms with E-state index in [4.69, 9.17) is 4.74 Å². The van der Waals surface area contributed by atoms with Gasteiger partial charge in [-0.15, -0.1) is 0 Å². The van der Waals surface area contributed by atoms with Gasteiger partial charge in [-0.25, -0.2) is 0 Å². The van der Waals surface area contributed by atoms with Crippen LogP contribution in [0.5, 0.6) is 5.75 Å². The first-order valence-electron chi connectivity index (χ1n) is 7.63. The standard InChI is InChI=1S/C17H26N2O2/c1-11(2)18-10-14-8-12(3)16(13(4)9-14)21-15-6-7-19(5)17(15)20/h8-9,11,15,18H,6-7,10H2,1-5H3. The fourth-order valence-corrected chi connectivity index (χ4v) is 2.69. The molecule has 2 rings (SSSR count). The molecule has 0 saturated carbocycles. The molecule has 1 atom stereocenters. The van der Waals surface area contributed by atoms with Crippen LogP contribution < -0.4 is 10.1 Å². The summed E-state index contributed by atoms with van der Waals surface area (Å²) in [5.74, 6) is 0.941. The van der Waals surface area contributed by atoms with E-state index in [1.807, 2.05) is 20.9 Å². The molecule has 0 aliphatic carbocycles. The summed E-state index contributed by atoms with van der Waals surface area (Å²) in [4.78, 5) is 13.7. The topological polar surface area (TPSA) is 41.6 Å². The molecule has 0 radical (unpaired) electrons. The smallest absolute Gasteiger partial charge is 0.263 e. The minimum Gasteiger partial charge on any atom is -0.480 e. The predicted octanol–water partition coefficient (Wildman–Crippen LogP) is 2.41. The highest BCUT2D eigenvalue weighted by atomic mass is 16.5. The van der Waals surface area contributed by atoms with Crippen LogP contribution in [0, 0.1) is 13.8 Å². The summed E-state index contributed by atoms with van der Waals surface area (Å²) in [5, 5.41) is 3.42. The molecule has 1 N–H and O–H groups in total. The highest BCUT2D eigenvalue weighted by Gasteiger charge is 2.31. The first kappa shape index (κ1) is 15.8. The van der Waals surface area contributed by atoms with Gasteiger partial charge in [-0.3, -0.25) is 4.79 Å². The Morgan fingerprint density at radius 3 is 2.43 bits per heavy atom. The number of likely N-dealkylation sites (N-methyl/N-ethyl adjacent to an activating group) is 1. The number of ether oxygens (including phenoxy) is 1. The molecule has 0 aromatic heterocycles. The Morgan fingerprint density at radius 2 is 1.95 bits per heavy atom. The summed E-state index contributed by atoms with van der Waals surface area (Å²) < 4.78 is 5.99. The molecular formula is C17H26N2O2. The number of nitrogens with one attached hydrogen (secondary N) is 1. The van der Waals surface area contributed by atoms with Crippen LogP contribution in [0.3, 0.4) is 0 Å². The minimum absolute atomic E-state index is 0.0827. The van der Waals surface area contributed by atoms with E-state index in [0.717, 1.165) is 36.4 Å². The molecule has 4 nitrogen and oxygen atoms in total. The van der Waals surface area contributed by atoms with Crippen molar-refractivity contribution in [1.82, 2.24) is 10.2 Å². The first-order chi connectivity index (χ1) is 9.88. The van der Waals surface area contributed by atoms with Crippen molar-refractivity contribution in [3.05, 3.63) is 28.8 Å². The molecule has 116 valence electrons. The molecule has 1 saturated heterocycles. The zero-order valence-electron chi connectivity index (χ0n) is 13.7. The number of rotatable bonds is 5.